The lowest BCUT2D eigenvalue weighted by molar-refractivity contribution is 0.160. The monoisotopic (exact) mass is 242 g/mol. The van der Waals surface area contributed by atoms with E-state index in [1.807, 2.05) is 23.8 Å². The number of nitrogens with one attached hydrogen (secondary N) is 2. The van der Waals surface area contributed by atoms with Gasteiger partial charge in [-0.05, 0) is 28.8 Å². The molecule has 0 aliphatic heterocycles. The van der Waals surface area contributed by atoms with Crippen molar-refractivity contribution in [2.24, 2.45) is 0 Å². The molecule has 0 saturated carbocycles. The number of aliphatic hydroxyl groups is 1. The first-order chi connectivity index (χ1) is 7.72. The van der Waals surface area contributed by atoms with Crippen molar-refractivity contribution in [3.8, 4) is 0 Å². The third-order valence-corrected chi connectivity index (χ3v) is 2.89. The lowest BCUT2D eigenvalue weighted by atomic mass is 10.2. The van der Waals surface area contributed by atoms with E-state index in [2.05, 4.69) is 10.6 Å². The van der Waals surface area contributed by atoms with Gasteiger partial charge in [-0.3, -0.25) is 0 Å². The Labute approximate surface area is 99.7 Å². The van der Waals surface area contributed by atoms with Crippen LogP contribution in [0, 0.1) is 0 Å². The smallest absolute Gasteiger partial charge is 0.315 e. The van der Waals surface area contributed by atoms with Crippen LogP contribution in [0.2, 0.25) is 0 Å². The van der Waals surface area contributed by atoms with Crippen LogP contribution < -0.4 is 10.6 Å². The molecule has 0 radical (unpaired) electrons. The Hall–Kier alpha value is -1.07. The predicted octanol–water partition coefficient (Wildman–Crippen LogP) is 1.71. The van der Waals surface area contributed by atoms with E-state index in [0.717, 1.165) is 12.0 Å². The summed E-state index contributed by atoms with van der Waals surface area (Å²) in [6.07, 6.45) is 1.18. The van der Waals surface area contributed by atoms with Gasteiger partial charge >= 0.3 is 6.03 Å². The van der Waals surface area contributed by atoms with Gasteiger partial charge < -0.3 is 15.7 Å². The van der Waals surface area contributed by atoms with E-state index in [-0.39, 0.29) is 6.03 Å². The number of aliphatic hydroxyl groups excluding tert-OH is 1. The van der Waals surface area contributed by atoms with Gasteiger partial charge in [0.15, 0.2) is 0 Å². The zero-order valence-corrected chi connectivity index (χ0v) is 10.2. The highest BCUT2D eigenvalue weighted by Gasteiger charge is 2.05. The molecule has 5 heteroatoms. The topological polar surface area (TPSA) is 61.4 Å². The van der Waals surface area contributed by atoms with Gasteiger partial charge in [0.1, 0.15) is 0 Å². The van der Waals surface area contributed by atoms with E-state index >= 15 is 0 Å². The molecule has 1 aromatic heterocycles. The molecule has 1 unspecified atom stereocenters. The molecule has 16 heavy (non-hydrogen) atoms. The minimum absolute atomic E-state index is 0.235. The fourth-order valence-corrected chi connectivity index (χ4v) is 1.95. The molecule has 0 aliphatic rings. The molecule has 0 fully saturated rings. The summed E-state index contributed by atoms with van der Waals surface area (Å²) in [5, 5.41) is 18.7. The van der Waals surface area contributed by atoms with Gasteiger partial charge in [0.2, 0.25) is 0 Å². The molecule has 3 N–H and O–H groups in total. The van der Waals surface area contributed by atoms with Crippen molar-refractivity contribution in [1.82, 2.24) is 10.6 Å². The van der Waals surface area contributed by atoms with Crippen LogP contribution in [0.15, 0.2) is 16.8 Å². The second-order valence-corrected chi connectivity index (χ2v) is 4.42. The first kappa shape index (κ1) is 13.0. The van der Waals surface area contributed by atoms with Crippen molar-refractivity contribution in [2.75, 3.05) is 6.54 Å². The Kier molecular flexibility index (Phi) is 5.88. The predicted molar refractivity (Wildman–Crippen MR) is 65.5 cm³/mol. The number of carbonyl (C=O) groups excluding carboxylic acids is 1. The largest absolute Gasteiger partial charge is 0.391 e. The molecule has 4 nitrogen and oxygen atoms in total. The minimum Gasteiger partial charge on any atom is -0.391 e. The van der Waals surface area contributed by atoms with Crippen LogP contribution >= 0.6 is 11.3 Å². The fourth-order valence-electron chi connectivity index (χ4n) is 1.28. The van der Waals surface area contributed by atoms with Gasteiger partial charge in [-0.25, -0.2) is 4.79 Å². The van der Waals surface area contributed by atoms with Crippen molar-refractivity contribution in [3.63, 3.8) is 0 Å². The molecule has 0 aromatic carbocycles. The molecule has 1 atom stereocenters. The molecular weight excluding hydrogens is 224 g/mol. The number of carbonyl (C=O) groups is 1. The lowest BCUT2D eigenvalue weighted by Gasteiger charge is -2.11. The standard InChI is InChI=1S/C11H18N2O2S/c1-2-3-10(14)7-13-11(15)12-6-9-4-5-16-8-9/h4-5,8,10,14H,2-3,6-7H2,1H3,(H2,12,13,15). The molecule has 0 saturated heterocycles. The summed E-state index contributed by atoms with van der Waals surface area (Å²) in [5.41, 5.74) is 1.09. The van der Waals surface area contributed by atoms with Gasteiger partial charge in [-0.1, -0.05) is 13.3 Å². The Bertz CT molecular complexity index is 301. The van der Waals surface area contributed by atoms with Crippen LogP contribution in [0.25, 0.3) is 0 Å². The summed E-state index contributed by atoms with van der Waals surface area (Å²) in [5.74, 6) is 0. The summed E-state index contributed by atoms with van der Waals surface area (Å²) in [6, 6.07) is 1.73. The van der Waals surface area contributed by atoms with E-state index < -0.39 is 6.10 Å². The maximum atomic E-state index is 11.3. The van der Waals surface area contributed by atoms with Crippen molar-refractivity contribution in [1.29, 1.82) is 0 Å². The minimum atomic E-state index is -0.447. The molecule has 0 aliphatic carbocycles. The van der Waals surface area contributed by atoms with Crippen LogP contribution in [0.5, 0.6) is 0 Å². The van der Waals surface area contributed by atoms with E-state index in [1.165, 1.54) is 0 Å². The highest BCUT2D eigenvalue weighted by Crippen LogP contribution is 2.04. The Morgan fingerprint density at radius 1 is 1.56 bits per heavy atom. The van der Waals surface area contributed by atoms with Crippen LogP contribution in [0.4, 0.5) is 4.79 Å². The van der Waals surface area contributed by atoms with Gasteiger partial charge in [-0.15, -0.1) is 0 Å². The quantitative estimate of drug-likeness (QED) is 0.711. The maximum absolute atomic E-state index is 11.3. The zero-order valence-electron chi connectivity index (χ0n) is 9.40. The third kappa shape index (κ3) is 5.14. The van der Waals surface area contributed by atoms with Crippen LogP contribution in [-0.2, 0) is 6.54 Å². The van der Waals surface area contributed by atoms with Gasteiger partial charge in [0.05, 0.1) is 6.10 Å². The highest BCUT2D eigenvalue weighted by molar-refractivity contribution is 7.07. The third-order valence-electron chi connectivity index (χ3n) is 2.15. The number of amides is 2. The molecule has 90 valence electrons. The van der Waals surface area contributed by atoms with Gasteiger partial charge in [-0.2, -0.15) is 11.3 Å². The van der Waals surface area contributed by atoms with Crippen LogP contribution in [0.3, 0.4) is 0 Å². The summed E-state index contributed by atoms with van der Waals surface area (Å²) in [6.45, 7) is 2.84. The van der Waals surface area contributed by atoms with Gasteiger partial charge in [0.25, 0.3) is 0 Å². The van der Waals surface area contributed by atoms with Gasteiger partial charge in [0, 0.05) is 13.1 Å². The Morgan fingerprint density at radius 3 is 3.00 bits per heavy atom. The fraction of sp³-hybridized carbons (Fsp3) is 0.545. The SMILES string of the molecule is CCCC(O)CNC(=O)NCc1ccsc1. The van der Waals surface area contributed by atoms with Crippen LogP contribution in [0.1, 0.15) is 25.3 Å². The van der Waals surface area contributed by atoms with Crippen molar-refractivity contribution in [3.05, 3.63) is 22.4 Å². The normalized spacial score (nSPS) is 12.1. The van der Waals surface area contributed by atoms with E-state index in [9.17, 15) is 9.90 Å². The van der Waals surface area contributed by atoms with Crippen LogP contribution in [-0.4, -0.2) is 23.8 Å². The number of rotatable bonds is 6. The molecular formula is C11H18N2O2S. The first-order valence-electron chi connectivity index (χ1n) is 5.43. The number of hydrogen-bond acceptors (Lipinski definition) is 3. The van der Waals surface area contributed by atoms with E-state index in [0.29, 0.717) is 19.5 Å². The van der Waals surface area contributed by atoms with Crippen molar-refractivity contribution >= 4 is 17.4 Å². The summed E-state index contributed by atoms with van der Waals surface area (Å²) in [7, 11) is 0. The molecule has 2 amide bonds. The average Bonchev–Trinajstić information content (AvgIpc) is 2.77. The summed E-state index contributed by atoms with van der Waals surface area (Å²) >= 11 is 1.60. The number of urea groups is 1. The average molecular weight is 242 g/mol. The highest BCUT2D eigenvalue weighted by atomic mass is 32.1. The summed E-state index contributed by atoms with van der Waals surface area (Å²) < 4.78 is 0. The molecule has 1 aromatic rings. The zero-order chi connectivity index (χ0) is 11.8. The Balaban J connectivity index is 2.11. The number of hydrogen-bond donors (Lipinski definition) is 3. The van der Waals surface area contributed by atoms with E-state index in [4.69, 9.17) is 0 Å². The van der Waals surface area contributed by atoms with Crippen molar-refractivity contribution in [2.45, 2.75) is 32.4 Å². The second-order valence-electron chi connectivity index (χ2n) is 3.64. The van der Waals surface area contributed by atoms with Crippen molar-refractivity contribution < 1.29 is 9.90 Å². The molecule has 0 spiro atoms. The maximum Gasteiger partial charge on any atom is 0.315 e. The first-order valence-corrected chi connectivity index (χ1v) is 6.37. The Morgan fingerprint density at radius 2 is 2.38 bits per heavy atom. The second kappa shape index (κ2) is 7.24. The molecule has 1 heterocycles. The molecule has 1 rings (SSSR count). The summed E-state index contributed by atoms with van der Waals surface area (Å²) in [4.78, 5) is 11.3. The molecule has 0 bridgehead atoms. The number of thiophene rings is 1. The lowest BCUT2D eigenvalue weighted by Crippen LogP contribution is -2.39. The van der Waals surface area contributed by atoms with E-state index in [1.54, 1.807) is 11.3 Å².